The molecular weight excluding hydrogens is 146 g/mol. The van der Waals surface area contributed by atoms with Crippen molar-refractivity contribution in [2.45, 2.75) is 32.4 Å². The first-order chi connectivity index (χ1) is 5.00. The van der Waals surface area contributed by atoms with Crippen LogP contribution in [0.25, 0.3) is 0 Å². The predicted octanol–water partition coefficient (Wildman–Crippen LogP) is -0.195. The highest BCUT2D eigenvalue weighted by molar-refractivity contribution is 5.73. The number of aliphatic hydroxyl groups is 1. The molecule has 0 heterocycles. The molecule has 0 aromatic heterocycles. The van der Waals surface area contributed by atoms with Gasteiger partial charge in [-0.15, -0.1) is 0 Å². The van der Waals surface area contributed by atoms with Crippen molar-refractivity contribution in [3.05, 3.63) is 0 Å². The summed E-state index contributed by atoms with van der Waals surface area (Å²) < 4.78 is 0. The van der Waals surface area contributed by atoms with E-state index in [-0.39, 0.29) is 0 Å². The molecule has 4 nitrogen and oxygen atoms in total. The number of carbonyl (C=O) groups is 1. The van der Waals surface area contributed by atoms with Gasteiger partial charge in [-0.25, -0.2) is 0 Å². The van der Waals surface area contributed by atoms with Gasteiger partial charge in [-0.2, -0.15) is 0 Å². The van der Waals surface area contributed by atoms with Gasteiger partial charge in [0.2, 0.25) is 0 Å². The van der Waals surface area contributed by atoms with E-state index in [1.54, 1.807) is 13.8 Å². The van der Waals surface area contributed by atoms with Crippen LogP contribution < -0.4 is 5.73 Å². The van der Waals surface area contributed by atoms with E-state index in [1.807, 2.05) is 0 Å². The maximum Gasteiger partial charge on any atom is 0.320 e. The minimum absolute atomic E-state index is 0.391. The van der Waals surface area contributed by atoms with Crippen molar-refractivity contribution in [3.63, 3.8) is 0 Å². The van der Waals surface area contributed by atoms with Gasteiger partial charge in [-0.3, -0.25) is 4.79 Å². The van der Waals surface area contributed by atoms with Gasteiger partial charge < -0.3 is 15.9 Å². The Bertz CT molecular complexity index is 138. The number of rotatable bonds is 4. The molecule has 0 fully saturated rings. The Morgan fingerprint density at radius 3 is 2.36 bits per heavy atom. The molecule has 3 atom stereocenters. The predicted molar refractivity (Wildman–Crippen MR) is 41.1 cm³/mol. The molecule has 66 valence electrons. The molecule has 4 heteroatoms. The summed E-state index contributed by atoms with van der Waals surface area (Å²) in [7, 11) is 0. The van der Waals surface area contributed by atoms with Gasteiger partial charge in [0, 0.05) is 5.92 Å². The highest BCUT2D eigenvalue weighted by atomic mass is 16.4. The second kappa shape index (κ2) is 4.31. The highest BCUT2D eigenvalue weighted by Crippen LogP contribution is 2.09. The second-order valence-electron chi connectivity index (χ2n) is 2.70. The smallest absolute Gasteiger partial charge is 0.320 e. The lowest BCUT2D eigenvalue weighted by Gasteiger charge is -2.20. The Hall–Kier alpha value is -0.610. The summed E-state index contributed by atoms with van der Waals surface area (Å²) in [5, 5.41) is 17.7. The van der Waals surface area contributed by atoms with Crippen LogP contribution >= 0.6 is 0 Å². The molecule has 0 amide bonds. The van der Waals surface area contributed by atoms with Crippen LogP contribution in [-0.2, 0) is 4.79 Å². The lowest BCUT2D eigenvalue weighted by Crippen LogP contribution is -2.41. The fourth-order valence-corrected chi connectivity index (χ4v) is 0.836. The van der Waals surface area contributed by atoms with Gasteiger partial charge in [0.1, 0.15) is 6.04 Å². The van der Waals surface area contributed by atoms with Crippen LogP contribution in [0.3, 0.4) is 0 Å². The van der Waals surface area contributed by atoms with Crippen LogP contribution in [0.1, 0.15) is 20.3 Å². The van der Waals surface area contributed by atoms with Crippen molar-refractivity contribution in [1.82, 2.24) is 0 Å². The maximum atomic E-state index is 10.3. The minimum Gasteiger partial charge on any atom is -0.480 e. The normalized spacial score (nSPS) is 18.9. The molecule has 0 aliphatic heterocycles. The van der Waals surface area contributed by atoms with Crippen LogP contribution in [0.15, 0.2) is 0 Å². The molecular formula is C7H15NO3. The number of hydrogen-bond donors (Lipinski definition) is 3. The lowest BCUT2D eigenvalue weighted by atomic mass is 9.95. The number of aliphatic carboxylic acids is 1. The molecule has 0 rings (SSSR count). The Balaban J connectivity index is 4.00. The van der Waals surface area contributed by atoms with Gasteiger partial charge in [-0.05, 0) is 6.42 Å². The Morgan fingerprint density at radius 2 is 2.09 bits per heavy atom. The van der Waals surface area contributed by atoms with Crippen molar-refractivity contribution in [2.24, 2.45) is 11.7 Å². The zero-order valence-corrected chi connectivity index (χ0v) is 6.82. The SMILES string of the molecule is CC[C@H](O)C(C)[C@H](N)C(=O)O. The summed E-state index contributed by atoms with van der Waals surface area (Å²) in [6.45, 7) is 3.42. The molecule has 0 saturated heterocycles. The number of carboxylic acid groups (broad SMARTS) is 1. The van der Waals surface area contributed by atoms with E-state index in [4.69, 9.17) is 10.8 Å². The molecule has 0 spiro atoms. The summed E-state index contributed by atoms with van der Waals surface area (Å²) in [5.74, 6) is -1.46. The van der Waals surface area contributed by atoms with Crippen molar-refractivity contribution < 1.29 is 15.0 Å². The summed E-state index contributed by atoms with van der Waals surface area (Å²) >= 11 is 0. The zero-order valence-electron chi connectivity index (χ0n) is 6.82. The van der Waals surface area contributed by atoms with Crippen molar-refractivity contribution in [1.29, 1.82) is 0 Å². The van der Waals surface area contributed by atoms with E-state index in [0.29, 0.717) is 6.42 Å². The van der Waals surface area contributed by atoms with Gasteiger partial charge in [-0.1, -0.05) is 13.8 Å². The average Bonchev–Trinajstić information content (AvgIpc) is 2.00. The van der Waals surface area contributed by atoms with Gasteiger partial charge >= 0.3 is 5.97 Å². The number of carboxylic acids is 1. The molecule has 0 aromatic rings. The Morgan fingerprint density at radius 1 is 1.64 bits per heavy atom. The quantitative estimate of drug-likeness (QED) is 0.533. The third-order valence-electron chi connectivity index (χ3n) is 1.88. The molecule has 0 aromatic carbocycles. The fourth-order valence-electron chi connectivity index (χ4n) is 0.836. The first kappa shape index (κ1) is 10.4. The van der Waals surface area contributed by atoms with Gasteiger partial charge in [0.05, 0.1) is 6.10 Å². The van der Waals surface area contributed by atoms with E-state index < -0.39 is 24.0 Å². The molecule has 0 saturated carbocycles. The molecule has 0 bridgehead atoms. The summed E-state index contributed by atoms with van der Waals surface area (Å²) in [5.41, 5.74) is 5.28. The monoisotopic (exact) mass is 161 g/mol. The molecule has 11 heavy (non-hydrogen) atoms. The van der Waals surface area contributed by atoms with Gasteiger partial charge in [0.15, 0.2) is 0 Å². The van der Waals surface area contributed by atoms with E-state index in [1.165, 1.54) is 0 Å². The van der Waals surface area contributed by atoms with E-state index in [9.17, 15) is 9.90 Å². The standard InChI is InChI=1S/C7H15NO3/c1-3-5(9)4(2)6(8)7(10)11/h4-6,9H,3,8H2,1-2H3,(H,10,11)/t4?,5-,6-/m0/s1. The van der Waals surface area contributed by atoms with Crippen molar-refractivity contribution in [3.8, 4) is 0 Å². The molecule has 0 aliphatic carbocycles. The van der Waals surface area contributed by atoms with E-state index in [0.717, 1.165) is 0 Å². The molecule has 0 aliphatic rings. The van der Waals surface area contributed by atoms with Crippen molar-refractivity contribution >= 4 is 5.97 Å². The van der Waals surface area contributed by atoms with E-state index in [2.05, 4.69) is 0 Å². The second-order valence-corrected chi connectivity index (χ2v) is 2.70. The topological polar surface area (TPSA) is 83.5 Å². The van der Waals surface area contributed by atoms with E-state index >= 15 is 0 Å². The zero-order chi connectivity index (χ0) is 9.02. The number of nitrogens with two attached hydrogens (primary N) is 1. The molecule has 0 radical (unpaired) electrons. The van der Waals surface area contributed by atoms with Crippen LogP contribution in [-0.4, -0.2) is 28.3 Å². The van der Waals surface area contributed by atoms with Crippen LogP contribution in [0, 0.1) is 5.92 Å². The fraction of sp³-hybridized carbons (Fsp3) is 0.857. The third-order valence-corrected chi connectivity index (χ3v) is 1.88. The summed E-state index contributed by atoms with van der Waals surface area (Å²) in [6, 6.07) is -0.968. The number of hydrogen-bond acceptors (Lipinski definition) is 3. The highest BCUT2D eigenvalue weighted by Gasteiger charge is 2.24. The average molecular weight is 161 g/mol. The minimum atomic E-state index is -1.06. The Kier molecular flexibility index (Phi) is 4.07. The van der Waals surface area contributed by atoms with Gasteiger partial charge in [0.25, 0.3) is 0 Å². The lowest BCUT2D eigenvalue weighted by molar-refractivity contribution is -0.140. The maximum absolute atomic E-state index is 10.3. The van der Waals surface area contributed by atoms with Crippen LogP contribution in [0.4, 0.5) is 0 Å². The van der Waals surface area contributed by atoms with Crippen LogP contribution in [0.5, 0.6) is 0 Å². The summed E-state index contributed by atoms with van der Waals surface area (Å²) in [4.78, 5) is 10.3. The largest absolute Gasteiger partial charge is 0.480 e. The first-order valence-corrected chi connectivity index (χ1v) is 3.67. The molecule has 1 unspecified atom stereocenters. The van der Waals surface area contributed by atoms with Crippen molar-refractivity contribution in [2.75, 3.05) is 0 Å². The third kappa shape index (κ3) is 2.86. The Labute approximate surface area is 66.0 Å². The first-order valence-electron chi connectivity index (χ1n) is 3.67. The van der Waals surface area contributed by atoms with Crippen LogP contribution in [0.2, 0.25) is 0 Å². The molecule has 4 N–H and O–H groups in total. The number of aliphatic hydroxyl groups excluding tert-OH is 1. The summed E-state index contributed by atoms with van der Waals surface area (Å²) in [6.07, 6.45) is -0.0941.